The largest absolute Gasteiger partial charge is 0.350 e. The lowest BCUT2D eigenvalue weighted by Crippen LogP contribution is -2.34. The quantitative estimate of drug-likeness (QED) is 0.614. The van der Waals surface area contributed by atoms with Crippen LogP contribution in [0.4, 0.5) is 0 Å². The van der Waals surface area contributed by atoms with Crippen molar-refractivity contribution in [3.63, 3.8) is 0 Å². The first-order chi connectivity index (χ1) is 13.0. The minimum atomic E-state index is -0.340. The second kappa shape index (κ2) is 8.75. The first-order valence-electron chi connectivity index (χ1n) is 8.29. The third kappa shape index (κ3) is 4.90. The lowest BCUT2D eigenvalue weighted by Gasteiger charge is -2.09. The highest BCUT2D eigenvalue weighted by molar-refractivity contribution is 6.35. The summed E-state index contributed by atoms with van der Waals surface area (Å²) in [5.41, 5.74) is 1.83. The van der Waals surface area contributed by atoms with Crippen LogP contribution in [0.1, 0.15) is 20.7 Å². The molecule has 5 nitrogen and oxygen atoms in total. The predicted octanol–water partition coefficient (Wildman–Crippen LogP) is 3.94. The Morgan fingerprint density at radius 1 is 0.852 bits per heavy atom. The second-order valence-corrected chi connectivity index (χ2v) is 6.62. The fourth-order valence-corrected chi connectivity index (χ4v) is 2.89. The second-order valence-electron chi connectivity index (χ2n) is 5.77. The first-order valence-corrected chi connectivity index (χ1v) is 9.05. The zero-order valence-electron chi connectivity index (χ0n) is 14.3. The molecular formula is C20H17Cl2N3O2. The normalized spacial score (nSPS) is 10.4. The van der Waals surface area contributed by atoms with E-state index in [-0.39, 0.29) is 18.4 Å². The molecule has 1 heterocycles. The summed E-state index contributed by atoms with van der Waals surface area (Å²) in [6.07, 6.45) is 3.87. The van der Waals surface area contributed by atoms with Gasteiger partial charge in [0.2, 0.25) is 0 Å². The summed E-state index contributed by atoms with van der Waals surface area (Å²) in [6, 6.07) is 15.8. The molecular weight excluding hydrogens is 385 g/mol. The number of carbonyl (C=O) groups excluding carboxylic acids is 2. The first kappa shape index (κ1) is 19.0. The van der Waals surface area contributed by atoms with Gasteiger partial charge < -0.3 is 15.2 Å². The van der Waals surface area contributed by atoms with E-state index in [0.717, 1.165) is 5.69 Å². The molecule has 2 N–H and O–H groups in total. The van der Waals surface area contributed by atoms with E-state index in [1.165, 1.54) is 6.07 Å². The van der Waals surface area contributed by atoms with Crippen LogP contribution in [0.2, 0.25) is 10.0 Å². The van der Waals surface area contributed by atoms with Crippen molar-refractivity contribution in [2.24, 2.45) is 0 Å². The number of halogens is 2. The molecule has 3 rings (SSSR count). The Hall–Kier alpha value is -2.76. The summed E-state index contributed by atoms with van der Waals surface area (Å²) < 4.78 is 1.96. The number of nitrogens with zero attached hydrogens (tertiary/aromatic N) is 1. The van der Waals surface area contributed by atoms with E-state index in [0.29, 0.717) is 27.7 Å². The molecule has 0 aliphatic heterocycles. The van der Waals surface area contributed by atoms with E-state index in [2.05, 4.69) is 10.6 Å². The number of hydrogen-bond acceptors (Lipinski definition) is 2. The van der Waals surface area contributed by atoms with Gasteiger partial charge in [0, 0.05) is 41.8 Å². The molecule has 0 aliphatic rings. The molecule has 138 valence electrons. The van der Waals surface area contributed by atoms with E-state index in [9.17, 15) is 9.59 Å². The molecule has 0 spiro atoms. The summed E-state index contributed by atoms with van der Waals surface area (Å²) >= 11 is 11.9. The fraction of sp³-hybridized carbons (Fsp3) is 0.100. The van der Waals surface area contributed by atoms with Crippen molar-refractivity contribution >= 4 is 35.0 Å². The van der Waals surface area contributed by atoms with Crippen LogP contribution in [-0.4, -0.2) is 29.5 Å². The predicted molar refractivity (Wildman–Crippen MR) is 107 cm³/mol. The molecule has 2 aromatic carbocycles. The van der Waals surface area contributed by atoms with Gasteiger partial charge in [-0.1, -0.05) is 23.2 Å². The van der Waals surface area contributed by atoms with Gasteiger partial charge in [0.05, 0.1) is 10.6 Å². The Morgan fingerprint density at radius 3 is 2.15 bits per heavy atom. The van der Waals surface area contributed by atoms with Crippen LogP contribution in [0.15, 0.2) is 67.0 Å². The number of hydrogen-bond donors (Lipinski definition) is 2. The molecule has 2 amide bonds. The lowest BCUT2D eigenvalue weighted by atomic mass is 10.2. The summed E-state index contributed by atoms with van der Waals surface area (Å²) in [6.45, 7) is 0.566. The maximum Gasteiger partial charge on any atom is 0.252 e. The van der Waals surface area contributed by atoms with Crippen molar-refractivity contribution in [3.05, 3.63) is 88.2 Å². The highest BCUT2D eigenvalue weighted by Crippen LogP contribution is 2.20. The minimum absolute atomic E-state index is 0.205. The maximum atomic E-state index is 12.2. The molecule has 7 heteroatoms. The van der Waals surface area contributed by atoms with Gasteiger partial charge in [-0.2, -0.15) is 0 Å². The average Bonchev–Trinajstić information content (AvgIpc) is 3.21. The van der Waals surface area contributed by atoms with Gasteiger partial charge in [-0.15, -0.1) is 0 Å². The number of rotatable bonds is 6. The SMILES string of the molecule is O=C(NCCNC(=O)c1cc(Cl)ccc1Cl)c1ccc(-n2cccc2)cc1. The van der Waals surface area contributed by atoms with Crippen molar-refractivity contribution < 1.29 is 9.59 Å². The lowest BCUT2D eigenvalue weighted by molar-refractivity contribution is 0.0927. The topological polar surface area (TPSA) is 63.1 Å². The summed E-state index contributed by atoms with van der Waals surface area (Å²) in [5, 5.41) is 6.22. The smallest absolute Gasteiger partial charge is 0.252 e. The third-order valence-corrected chi connectivity index (χ3v) is 4.47. The van der Waals surface area contributed by atoms with Gasteiger partial charge in [-0.25, -0.2) is 0 Å². The molecule has 0 saturated carbocycles. The van der Waals surface area contributed by atoms with Crippen LogP contribution in [0.25, 0.3) is 5.69 Å². The Kier molecular flexibility index (Phi) is 6.16. The van der Waals surface area contributed by atoms with Gasteiger partial charge in [-0.3, -0.25) is 9.59 Å². The molecule has 0 unspecified atom stereocenters. The standard InChI is InChI=1S/C20H17Cl2N3O2/c21-15-5-8-18(22)17(13-15)20(27)24-10-9-23-19(26)14-3-6-16(7-4-14)25-11-1-2-12-25/h1-8,11-13H,9-10H2,(H,23,26)(H,24,27). The van der Waals surface area contributed by atoms with Gasteiger partial charge in [0.25, 0.3) is 11.8 Å². The van der Waals surface area contributed by atoms with E-state index in [1.807, 2.05) is 41.2 Å². The third-order valence-electron chi connectivity index (χ3n) is 3.90. The summed E-state index contributed by atoms with van der Waals surface area (Å²) in [5.74, 6) is -0.545. The fourth-order valence-electron chi connectivity index (χ4n) is 2.51. The van der Waals surface area contributed by atoms with Crippen LogP contribution in [0.5, 0.6) is 0 Å². The Bertz CT molecular complexity index is 938. The molecule has 0 radical (unpaired) electrons. The Labute approximate surface area is 166 Å². The van der Waals surface area contributed by atoms with E-state index < -0.39 is 0 Å². The van der Waals surface area contributed by atoms with Gasteiger partial charge in [0.1, 0.15) is 0 Å². The zero-order valence-corrected chi connectivity index (χ0v) is 15.8. The Balaban J connectivity index is 1.48. The zero-order chi connectivity index (χ0) is 19.2. The van der Waals surface area contributed by atoms with Crippen molar-refractivity contribution in [3.8, 4) is 5.69 Å². The number of nitrogens with one attached hydrogen (secondary N) is 2. The van der Waals surface area contributed by atoms with Crippen molar-refractivity contribution in [2.45, 2.75) is 0 Å². The minimum Gasteiger partial charge on any atom is -0.350 e. The molecule has 0 aliphatic carbocycles. The summed E-state index contributed by atoms with van der Waals surface area (Å²) in [4.78, 5) is 24.3. The van der Waals surface area contributed by atoms with Crippen molar-refractivity contribution in [2.75, 3.05) is 13.1 Å². The van der Waals surface area contributed by atoms with E-state index in [4.69, 9.17) is 23.2 Å². The summed E-state index contributed by atoms with van der Waals surface area (Å²) in [7, 11) is 0. The highest BCUT2D eigenvalue weighted by atomic mass is 35.5. The number of amides is 2. The van der Waals surface area contributed by atoms with Gasteiger partial charge in [-0.05, 0) is 54.6 Å². The van der Waals surface area contributed by atoms with E-state index >= 15 is 0 Å². The van der Waals surface area contributed by atoms with Crippen LogP contribution in [0, 0.1) is 0 Å². The van der Waals surface area contributed by atoms with Gasteiger partial charge in [0.15, 0.2) is 0 Å². The average molecular weight is 402 g/mol. The number of benzene rings is 2. The molecule has 0 atom stereocenters. The van der Waals surface area contributed by atoms with Crippen LogP contribution < -0.4 is 10.6 Å². The van der Waals surface area contributed by atoms with Crippen molar-refractivity contribution in [1.82, 2.24) is 15.2 Å². The number of carbonyl (C=O) groups is 2. The van der Waals surface area contributed by atoms with Gasteiger partial charge >= 0.3 is 0 Å². The highest BCUT2D eigenvalue weighted by Gasteiger charge is 2.11. The molecule has 27 heavy (non-hydrogen) atoms. The Morgan fingerprint density at radius 2 is 1.48 bits per heavy atom. The van der Waals surface area contributed by atoms with Crippen LogP contribution in [-0.2, 0) is 0 Å². The molecule has 0 fully saturated rings. The van der Waals surface area contributed by atoms with Crippen molar-refractivity contribution in [1.29, 1.82) is 0 Å². The molecule has 1 aromatic heterocycles. The molecule has 0 saturated heterocycles. The monoisotopic (exact) mass is 401 g/mol. The molecule has 3 aromatic rings. The van der Waals surface area contributed by atoms with Crippen LogP contribution in [0.3, 0.4) is 0 Å². The van der Waals surface area contributed by atoms with Crippen LogP contribution >= 0.6 is 23.2 Å². The van der Waals surface area contributed by atoms with E-state index in [1.54, 1.807) is 24.3 Å². The molecule has 0 bridgehead atoms. The maximum absolute atomic E-state index is 12.2. The number of aromatic nitrogens is 1.